The van der Waals surface area contributed by atoms with Gasteiger partial charge in [-0.1, -0.05) is 0 Å². The largest absolute Gasteiger partial charge is 0.471 e. The lowest BCUT2D eigenvalue weighted by Crippen LogP contribution is -2.43. The van der Waals surface area contributed by atoms with Gasteiger partial charge in [0.1, 0.15) is 11.2 Å². The van der Waals surface area contributed by atoms with E-state index < -0.39 is 23.4 Å². The van der Waals surface area contributed by atoms with Crippen molar-refractivity contribution >= 4 is 40.3 Å². The van der Waals surface area contributed by atoms with E-state index in [4.69, 9.17) is 14.3 Å². The average Bonchev–Trinajstić information content (AvgIpc) is 2.44. The summed E-state index contributed by atoms with van der Waals surface area (Å²) in [7, 11) is 1.31. The first kappa shape index (κ1) is 23.8. The maximum Gasteiger partial charge on any atom is 0.424 e. The van der Waals surface area contributed by atoms with Crippen LogP contribution in [0.25, 0.3) is 0 Å². The number of anilines is 1. The molecule has 1 aromatic heterocycles. The first-order chi connectivity index (χ1) is 11.8. The molecule has 26 heavy (non-hydrogen) atoms. The van der Waals surface area contributed by atoms with Gasteiger partial charge in [0, 0.05) is 10.7 Å². The smallest absolute Gasteiger partial charge is 0.424 e. The van der Waals surface area contributed by atoms with E-state index in [9.17, 15) is 9.59 Å². The van der Waals surface area contributed by atoms with Gasteiger partial charge in [0.15, 0.2) is 0 Å². The predicted molar refractivity (Wildman–Crippen MR) is 100.0 cm³/mol. The van der Waals surface area contributed by atoms with Crippen molar-refractivity contribution in [1.82, 2.24) is 4.98 Å². The number of nitrogens with zero attached hydrogens (tertiary/aromatic N) is 2. The first-order valence-electron chi connectivity index (χ1n) is 7.64. The first-order valence-corrected chi connectivity index (χ1v) is 8.43. The minimum Gasteiger partial charge on any atom is -0.471 e. The third-order valence-electron chi connectivity index (χ3n) is 2.20. The molecule has 0 N–H and O–H groups in total. The Balaban J connectivity index is 0.00000141. The highest BCUT2D eigenvalue weighted by Gasteiger charge is 2.32. The summed E-state index contributed by atoms with van der Waals surface area (Å²) in [6, 6.07) is 1.58. The average molecular weight is 433 g/mol. The molecule has 0 radical (unpaired) electrons. The molecular weight excluding hydrogens is 408 g/mol. The highest BCUT2D eigenvalue weighted by Crippen LogP contribution is 2.23. The topological polar surface area (TPSA) is 95.0 Å². The number of pyridine rings is 1. The van der Waals surface area contributed by atoms with Crippen LogP contribution in [0.15, 0.2) is 22.9 Å². The van der Waals surface area contributed by atoms with Gasteiger partial charge >= 0.3 is 12.2 Å². The van der Waals surface area contributed by atoms with E-state index in [2.05, 4.69) is 25.7 Å². The Morgan fingerprint density at radius 3 is 1.77 bits per heavy atom. The molecule has 0 aliphatic rings. The van der Waals surface area contributed by atoms with Crippen molar-refractivity contribution in [2.45, 2.75) is 52.7 Å². The molecule has 0 fully saturated rings. The van der Waals surface area contributed by atoms with Crippen LogP contribution >= 0.6 is 15.9 Å². The number of aromatic nitrogens is 1. The van der Waals surface area contributed by atoms with Crippen LogP contribution in [0, 0.1) is 0 Å². The van der Waals surface area contributed by atoms with Crippen LogP contribution in [0.5, 0.6) is 0 Å². The second-order valence-electron chi connectivity index (χ2n) is 6.99. The lowest BCUT2D eigenvalue weighted by Gasteiger charge is -2.28. The summed E-state index contributed by atoms with van der Waals surface area (Å²) < 4.78 is 15.0. The van der Waals surface area contributed by atoms with Crippen molar-refractivity contribution in [3.8, 4) is 0 Å². The second kappa shape index (κ2) is 10.1. The summed E-state index contributed by atoms with van der Waals surface area (Å²) in [6.45, 7) is 10.7. The molecule has 146 valence electrons. The van der Waals surface area contributed by atoms with Crippen LogP contribution in [-0.4, -0.2) is 42.0 Å². The summed E-state index contributed by atoms with van der Waals surface area (Å²) >= 11 is 3.26. The van der Waals surface area contributed by atoms with Crippen molar-refractivity contribution in [3.63, 3.8) is 0 Å². The van der Waals surface area contributed by atoms with Gasteiger partial charge in [-0.3, -0.25) is 9.78 Å². The van der Waals surface area contributed by atoms with Gasteiger partial charge in [-0.15, -0.1) is 0 Å². The summed E-state index contributed by atoms with van der Waals surface area (Å²) in [5, 5.41) is 0. The molecule has 1 rings (SSSR count). The van der Waals surface area contributed by atoms with Crippen molar-refractivity contribution < 1.29 is 28.6 Å². The molecule has 0 spiro atoms. The van der Waals surface area contributed by atoms with E-state index >= 15 is 0 Å². The minimum atomic E-state index is -0.818. The number of amides is 2. The zero-order valence-corrected chi connectivity index (χ0v) is 17.6. The molecule has 0 saturated heterocycles. The fourth-order valence-corrected chi connectivity index (χ4v) is 1.78. The number of hydrogen-bond donors (Lipinski definition) is 0. The van der Waals surface area contributed by atoms with Crippen LogP contribution < -0.4 is 4.90 Å². The third-order valence-corrected chi connectivity index (χ3v) is 2.63. The van der Waals surface area contributed by atoms with E-state index in [1.807, 2.05) is 0 Å². The number of hydrogen-bond acceptors (Lipinski definition) is 7. The van der Waals surface area contributed by atoms with Crippen molar-refractivity contribution in [1.29, 1.82) is 0 Å². The van der Waals surface area contributed by atoms with Gasteiger partial charge in [-0.25, -0.2) is 9.59 Å². The van der Waals surface area contributed by atoms with Crippen LogP contribution in [-0.2, 0) is 19.0 Å². The molecule has 0 bridgehead atoms. The molecule has 0 aliphatic carbocycles. The number of ether oxygens (including phenoxy) is 3. The van der Waals surface area contributed by atoms with Gasteiger partial charge < -0.3 is 14.2 Å². The predicted octanol–water partition coefficient (Wildman–Crippen LogP) is 4.31. The molecule has 0 unspecified atom stereocenters. The van der Waals surface area contributed by atoms with Crippen LogP contribution in [0.1, 0.15) is 41.5 Å². The molecule has 0 aromatic carbocycles. The number of carbonyl (C=O) groups excluding carboxylic acids is 3. The quantitative estimate of drug-likeness (QED) is 0.507. The van der Waals surface area contributed by atoms with Crippen LogP contribution in [0.4, 0.5) is 15.3 Å². The van der Waals surface area contributed by atoms with Crippen molar-refractivity contribution in [3.05, 3.63) is 22.9 Å². The Morgan fingerprint density at radius 1 is 1.04 bits per heavy atom. The van der Waals surface area contributed by atoms with Gasteiger partial charge in [-0.05, 0) is 63.5 Å². The van der Waals surface area contributed by atoms with E-state index in [0.29, 0.717) is 10.9 Å². The van der Waals surface area contributed by atoms with Crippen LogP contribution in [0.2, 0.25) is 0 Å². The molecule has 8 nitrogen and oxygen atoms in total. The lowest BCUT2D eigenvalue weighted by molar-refractivity contribution is -0.126. The second-order valence-corrected chi connectivity index (χ2v) is 7.91. The molecule has 0 atom stereocenters. The standard InChI is InChI=1S/C15H21BrN2O4.C2H4O2/c1-14(2,3)21-12(19)18(13(20)22-15(4,5)6)11-7-10(16)8-17-9-11;1-4-2-3/h7-9H,1-6H3;2H,1H3. The Kier molecular flexibility index (Phi) is 9.26. The molecule has 2 amide bonds. The van der Waals surface area contributed by atoms with E-state index in [-0.39, 0.29) is 5.69 Å². The van der Waals surface area contributed by atoms with E-state index in [1.165, 1.54) is 13.3 Å². The Bertz CT molecular complexity index is 594. The fraction of sp³-hybridized carbons (Fsp3) is 0.529. The third kappa shape index (κ3) is 9.97. The van der Waals surface area contributed by atoms with Gasteiger partial charge in [0.2, 0.25) is 0 Å². The van der Waals surface area contributed by atoms with Crippen LogP contribution in [0.3, 0.4) is 0 Å². The SMILES string of the molecule is CC(C)(C)OC(=O)N(C(=O)OC(C)(C)C)c1cncc(Br)c1.COC=O. The minimum absolute atomic E-state index is 0.262. The summed E-state index contributed by atoms with van der Waals surface area (Å²) in [5.74, 6) is 0. The Hall–Kier alpha value is -2.16. The maximum absolute atomic E-state index is 12.4. The zero-order chi connectivity index (χ0) is 20.5. The molecule has 9 heteroatoms. The molecule has 0 aliphatic heterocycles. The number of halogens is 1. The Labute approximate surface area is 161 Å². The number of methoxy groups -OCH3 is 1. The fourth-order valence-electron chi connectivity index (χ4n) is 1.42. The zero-order valence-electron chi connectivity index (χ0n) is 16.0. The van der Waals surface area contributed by atoms with Gasteiger partial charge in [0.05, 0.1) is 19.0 Å². The highest BCUT2D eigenvalue weighted by molar-refractivity contribution is 9.10. The lowest BCUT2D eigenvalue weighted by atomic mass is 10.2. The van der Waals surface area contributed by atoms with E-state index in [0.717, 1.165) is 4.90 Å². The highest BCUT2D eigenvalue weighted by atomic mass is 79.9. The molecule has 1 aromatic rings. The number of rotatable bonds is 2. The van der Waals surface area contributed by atoms with Gasteiger partial charge in [-0.2, -0.15) is 4.90 Å². The monoisotopic (exact) mass is 432 g/mol. The number of imide groups is 1. The summed E-state index contributed by atoms with van der Waals surface area (Å²) in [4.78, 5) is 38.5. The molecule has 1 heterocycles. The Morgan fingerprint density at radius 2 is 1.46 bits per heavy atom. The summed E-state index contributed by atoms with van der Waals surface area (Å²) in [5.41, 5.74) is -1.22. The number of carbonyl (C=O) groups is 3. The molecular formula is C17H25BrN2O6. The van der Waals surface area contributed by atoms with E-state index in [1.54, 1.807) is 53.8 Å². The normalized spacial score (nSPS) is 10.8. The summed E-state index contributed by atoms with van der Waals surface area (Å²) in [6.07, 6.45) is 1.30. The van der Waals surface area contributed by atoms with Crippen molar-refractivity contribution in [2.24, 2.45) is 0 Å². The van der Waals surface area contributed by atoms with Gasteiger partial charge in [0.25, 0.3) is 6.47 Å². The maximum atomic E-state index is 12.4. The van der Waals surface area contributed by atoms with Crippen molar-refractivity contribution in [2.75, 3.05) is 12.0 Å². The molecule has 0 saturated carbocycles.